The van der Waals surface area contributed by atoms with Crippen LogP contribution in [0.15, 0.2) is 18.2 Å². The van der Waals surface area contributed by atoms with Crippen LogP contribution in [0.1, 0.15) is 55.8 Å². The van der Waals surface area contributed by atoms with Crippen molar-refractivity contribution in [3.8, 4) is 0 Å². The SMILES string of the molecule is C[C@H]1CC(=O)Nc2cc(C(=O)NCCC3CC3)ccc2N1C(=O)N1CCC(N)CC1. The second kappa shape index (κ2) is 8.63. The normalized spacial score (nSPS) is 22.2. The number of hydrogen-bond donors (Lipinski definition) is 3. The van der Waals surface area contributed by atoms with Gasteiger partial charge in [-0.05, 0) is 50.3 Å². The molecule has 0 spiro atoms. The van der Waals surface area contributed by atoms with E-state index in [-0.39, 0.29) is 36.3 Å². The Hall–Kier alpha value is -2.61. The zero-order valence-electron chi connectivity index (χ0n) is 17.5. The van der Waals surface area contributed by atoms with Gasteiger partial charge >= 0.3 is 6.03 Å². The Labute approximate surface area is 177 Å². The molecule has 4 amide bonds. The molecule has 8 nitrogen and oxygen atoms in total. The molecule has 3 aliphatic rings. The highest BCUT2D eigenvalue weighted by atomic mass is 16.2. The first kappa shape index (κ1) is 20.7. The molecule has 8 heteroatoms. The molecule has 2 aliphatic heterocycles. The van der Waals surface area contributed by atoms with Crippen molar-refractivity contribution in [3.63, 3.8) is 0 Å². The monoisotopic (exact) mass is 413 g/mol. The first-order valence-electron chi connectivity index (χ1n) is 11.0. The first-order chi connectivity index (χ1) is 14.4. The number of amides is 4. The molecule has 4 rings (SSSR count). The van der Waals surface area contributed by atoms with Crippen molar-refractivity contribution in [2.24, 2.45) is 11.7 Å². The lowest BCUT2D eigenvalue weighted by Gasteiger charge is -2.37. The number of piperidine rings is 1. The highest BCUT2D eigenvalue weighted by Gasteiger charge is 2.34. The number of hydrogen-bond acceptors (Lipinski definition) is 4. The smallest absolute Gasteiger partial charge is 0.324 e. The van der Waals surface area contributed by atoms with E-state index in [1.165, 1.54) is 12.8 Å². The minimum atomic E-state index is -0.285. The second-order valence-electron chi connectivity index (χ2n) is 8.80. The van der Waals surface area contributed by atoms with Gasteiger partial charge in [0.1, 0.15) is 0 Å². The van der Waals surface area contributed by atoms with Crippen LogP contribution in [0.3, 0.4) is 0 Å². The summed E-state index contributed by atoms with van der Waals surface area (Å²) in [6.07, 6.45) is 5.27. The third kappa shape index (κ3) is 4.59. The fourth-order valence-corrected chi connectivity index (χ4v) is 4.22. The molecule has 2 fully saturated rings. The largest absolute Gasteiger partial charge is 0.352 e. The van der Waals surface area contributed by atoms with Crippen molar-refractivity contribution >= 4 is 29.2 Å². The van der Waals surface area contributed by atoms with E-state index in [4.69, 9.17) is 5.73 Å². The van der Waals surface area contributed by atoms with Crippen LogP contribution in [0.4, 0.5) is 16.2 Å². The number of nitrogens with zero attached hydrogens (tertiary/aromatic N) is 2. The summed E-state index contributed by atoms with van der Waals surface area (Å²) >= 11 is 0. The Morgan fingerprint density at radius 1 is 1.20 bits per heavy atom. The van der Waals surface area contributed by atoms with E-state index in [1.54, 1.807) is 28.0 Å². The molecule has 1 saturated carbocycles. The summed E-state index contributed by atoms with van der Waals surface area (Å²) in [6.45, 7) is 3.76. The molecule has 0 aromatic heterocycles. The first-order valence-corrected chi connectivity index (χ1v) is 11.0. The van der Waals surface area contributed by atoms with Gasteiger partial charge in [-0.25, -0.2) is 4.79 Å². The maximum atomic E-state index is 13.3. The Balaban J connectivity index is 1.54. The quantitative estimate of drug-likeness (QED) is 0.704. The van der Waals surface area contributed by atoms with Crippen LogP contribution < -0.4 is 21.3 Å². The number of urea groups is 1. The van der Waals surface area contributed by atoms with E-state index >= 15 is 0 Å². The van der Waals surface area contributed by atoms with Gasteiger partial charge in [0.15, 0.2) is 0 Å². The zero-order valence-corrected chi connectivity index (χ0v) is 17.5. The molecule has 1 aromatic carbocycles. The Kier molecular flexibility index (Phi) is 5.94. The molecule has 1 aromatic rings. The lowest BCUT2D eigenvalue weighted by Crippen LogP contribution is -2.51. The van der Waals surface area contributed by atoms with Crippen LogP contribution in [-0.4, -0.2) is 54.5 Å². The van der Waals surface area contributed by atoms with E-state index in [2.05, 4.69) is 10.6 Å². The van der Waals surface area contributed by atoms with E-state index in [1.807, 2.05) is 6.92 Å². The summed E-state index contributed by atoms with van der Waals surface area (Å²) in [5.41, 5.74) is 7.59. The van der Waals surface area contributed by atoms with Gasteiger partial charge in [0.25, 0.3) is 5.91 Å². The predicted molar refractivity (Wildman–Crippen MR) is 115 cm³/mol. The number of carbonyl (C=O) groups excluding carboxylic acids is 3. The summed E-state index contributed by atoms with van der Waals surface area (Å²) in [6, 6.07) is 4.89. The predicted octanol–water partition coefficient (Wildman–Crippen LogP) is 2.30. The summed E-state index contributed by atoms with van der Waals surface area (Å²) in [4.78, 5) is 41.7. The lowest BCUT2D eigenvalue weighted by atomic mass is 10.1. The number of rotatable bonds is 4. The van der Waals surface area contributed by atoms with Gasteiger partial charge in [-0.3, -0.25) is 14.5 Å². The average molecular weight is 414 g/mol. The van der Waals surface area contributed by atoms with E-state index in [9.17, 15) is 14.4 Å². The molecule has 30 heavy (non-hydrogen) atoms. The molecule has 2 heterocycles. The molecule has 162 valence electrons. The maximum Gasteiger partial charge on any atom is 0.324 e. The summed E-state index contributed by atoms with van der Waals surface area (Å²) < 4.78 is 0. The number of nitrogens with two attached hydrogens (primary N) is 1. The fraction of sp³-hybridized carbons (Fsp3) is 0.591. The van der Waals surface area contributed by atoms with E-state index < -0.39 is 0 Å². The zero-order chi connectivity index (χ0) is 21.3. The molecule has 0 unspecified atom stereocenters. The summed E-state index contributed by atoms with van der Waals surface area (Å²) in [7, 11) is 0. The second-order valence-corrected chi connectivity index (χ2v) is 8.80. The number of carbonyl (C=O) groups is 3. The van der Waals surface area contributed by atoms with Crippen molar-refractivity contribution in [2.45, 2.75) is 57.5 Å². The van der Waals surface area contributed by atoms with Crippen LogP contribution in [0.5, 0.6) is 0 Å². The number of likely N-dealkylation sites (tertiary alicyclic amines) is 1. The van der Waals surface area contributed by atoms with E-state index in [0.717, 1.165) is 25.2 Å². The molecule has 4 N–H and O–H groups in total. The fourth-order valence-electron chi connectivity index (χ4n) is 4.22. The molecular weight excluding hydrogens is 382 g/mol. The minimum Gasteiger partial charge on any atom is -0.352 e. The average Bonchev–Trinajstić information content (AvgIpc) is 3.54. The number of fused-ring (bicyclic) bond motifs is 1. The van der Waals surface area contributed by atoms with Gasteiger partial charge in [-0.1, -0.05) is 12.8 Å². The molecular formula is C22H31N5O3. The topological polar surface area (TPSA) is 108 Å². The van der Waals surface area contributed by atoms with Crippen LogP contribution in [0, 0.1) is 5.92 Å². The van der Waals surface area contributed by atoms with Crippen LogP contribution >= 0.6 is 0 Å². The Morgan fingerprint density at radius 2 is 1.93 bits per heavy atom. The number of benzene rings is 1. The third-order valence-corrected chi connectivity index (χ3v) is 6.27. The van der Waals surface area contributed by atoms with Crippen molar-refractivity contribution in [1.29, 1.82) is 0 Å². The standard InChI is InChI=1S/C22H31N5O3/c1-14-12-20(28)25-18-13-16(21(29)24-9-6-15-2-3-15)4-5-19(18)27(14)22(30)26-10-7-17(23)8-11-26/h4-5,13-15,17H,2-3,6-12,23H2,1H3,(H,24,29)(H,25,28)/t14-/m0/s1. The summed E-state index contributed by atoms with van der Waals surface area (Å²) in [5.74, 6) is 0.431. The van der Waals surface area contributed by atoms with Crippen molar-refractivity contribution in [1.82, 2.24) is 10.2 Å². The van der Waals surface area contributed by atoms with E-state index in [0.29, 0.717) is 36.6 Å². The summed E-state index contributed by atoms with van der Waals surface area (Å²) in [5, 5.41) is 5.83. The van der Waals surface area contributed by atoms with Gasteiger partial charge in [-0.15, -0.1) is 0 Å². The van der Waals surface area contributed by atoms with Gasteiger partial charge < -0.3 is 21.3 Å². The molecule has 1 saturated heterocycles. The van der Waals surface area contributed by atoms with Crippen LogP contribution in [-0.2, 0) is 4.79 Å². The van der Waals surface area contributed by atoms with Gasteiger partial charge in [0, 0.05) is 43.7 Å². The lowest BCUT2D eigenvalue weighted by molar-refractivity contribution is -0.116. The van der Waals surface area contributed by atoms with Crippen molar-refractivity contribution in [3.05, 3.63) is 23.8 Å². The van der Waals surface area contributed by atoms with Gasteiger partial charge in [0.05, 0.1) is 11.4 Å². The van der Waals surface area contributed by atoms with Gasteiger partial charge in [-0.2, -0.15) is 0 Å². The highest BCUT2D eigenvalue weighted by Crippen LogP contribution is 2.34. The van der Waals surface area contributed by atoms with Crippen molar-refractivity contribution < 1.29 is 14.4 Å². The number of nitrogens with one attached hydrogen (secondary N) is 2. The Morgan fingerprint density at radius 3 is 2.63 bits per heavy atom. The molecule has 0 radical (unpaired) electrons. The van der Waals surface area contributed by atoms with Crippen LogP contribution in [0.2, 0.25) is 0 Å². The van der Waals surface area contributed by atoms with Gasteiger partial charge in [0.2, 0.25) is 5.91 Å². The van der Waals surface area contributed by atoms with Crippen molar-refractivity contribution in [2.75, 3.05) is 29.9 Å². The molecule has 1 atom stereocenters. The third-order valence-electron chi connectivity index (χ3n) is 6.27. The highest BCUT2D eigenvalue weighted by molar-refractivity contribution is 6.06. The maximum absolute atomic E-state index is 13.3. The minimum absolute atomic E-state index is 0.117. The molecule has 0 bridgehead atoms. The molecule has 1 aliphatic carbocycles. The number of anilines is 2. The Bertz CT molecular complexity index is 830. The van der Waals surface area contributed by atoms with Crippen LogP contribution in [0.25, 0.3) is 0 Å².